The quantitative estimate of drug-likeness (QED) is 0.712. The molecule has 82 valence electrons. The van der Waals surface area contributed by atoms with Crippen LogP contribution >= 0.6 is 0 Å². The van der Waals surface area contributed by atoms with Crippen LogP contribution in [0.1, 0.15) is 25.7 Å². The van der Waals surface area contributed by atoms with E-state index >= 15 is 0 Å². The fraction of sp³-hybridized carbons (Fsp3) is 1.00. The minimum absolute atomic E-state index is 0.488. The highest BCUT2D eigenvalue weighted by Gasteiger charge is 2.30. The van der Waals surface area contributed by atoms with Crippen molar-refractivity contribution in [2.24, 2.45) is 0 Å². The van der Waals surface area contributed by atoms with E-state index in [0.29, 0.717) is 12.1 Å². The fourth-order valence-corrected chi connectivity index (χ4v) is 2.78. The summed E-state index contributed by atoms with van der Waals surface area (Å²) in [6.07, 6.45) is 5.81. The predicted molar refractivity (Wildman–Crippen MR) is 57.5 cm³/mol. The van der Waals surface area contributed by atoms with Crippen molar-refractivity contribution in [2.45, 2.75) is 37.8 Å². The van der Waals surface area contributed by atoms with Gasteiger partial charge in [-0.25, -0.2) is 0 Å². The van der Waals surface area contributed by atoms with Crippen molar-refractivity contribution in [1.82, 2.24) is 10.2 Å². The van der Waals surface area contributed by atoms with Gasteiger partial charge in [0.25, 0.3) is 0 Å². The van der Waals surface area contributed by atoms with E-state index in [1.54, 1.807) is 0 Å². The molecule has 1 aliphatic carbocycles. The van der Waals surface area contributed by atoms with Gasteiger partial charge in [0, 0.05) is 39.3 Å². The third-order valence-electron chi connectivity index (χ3n) is 3.59. The molecule has 0 aromatic carbocycles. The predicted octanol–water partition coefficient (Wildman–Crippen LogP) is 0.849. The molecule has 3 heteroatoms. The van der Waals surface area contributed by atoms with E-state index in [2.05, 4.69) is 10.2 Å². The number of nitrogens with one attached hydrogen (secondary N) is 1. The topological polar surface area (TPSA) is 24.5 Å². The fourth-order valence-electron chi connectivity index (χ4n) is 2.78. The van der Waals surface area contributed by atoms with Crippen LogP contribution in [0.2, 0.25) is 0 Å². The molecule has 1 saturated heterocycles. The van der Waals surface area contributed by atoms with Gasteiger partial charge in [-0.1, -0.05) is 12.8 Å². The van der Waals surface area contributed by atoms with Gasteiger partial charge in [-0.2, -0.15) is 0 Å². The van der Waals surface area contributed by atoms with E-state index in [1.807, 2.05) is 7.11 Å². The number of methoxy groups -OCH3 is 1. The smallest absolute Gasteiger partial charge is 0.0726 e. The first-order chi connectivity index (χ1) is 6.92. The molecule has 2 atom stereocenters. The molecule has 1 aliphatic heterocycles. The van der Waals surface area contributed by atoms with Gasteiger partial charge in [0.15, 0.2) is 0 Å². The molecule has 1 heterocycles. The molecule has 2 fully saturated rings. The third-order valence-corrected chi connectivity index (χ3v) is 3.59. The summed E-state index contributed by atoms with van der Waals surface area (Å²) in [4.78, 5) is 2.61. The maximum absolute atomic E-state index is 5.59. The average molecular weight is 198 g/mol. The van der Waals surface area contributed by atoms with Crippen molar-refractivity contribution in [2.75, 3.05) is 33.3 Å². The summed E-state index contributed by atoms with van der Waals surface area (Å²) in [7, 11) is 1.87. The van der Waals surface area contributed by atoms with Crippen molar-refractivity contribution in [3.63, 3.8) is 0 Å². The van der Waals surface area contributed by atoms with Crippen LogP contribution in [0.3, 0.4) is 0 Å². The van der Waals surface area contributed by atoms with Gasteiger partial charge >= 0.3 is 0 Å². The zero-order chi connectivity index (χ0) is 9.80. The summed E-state index contributed by atoms with van der Waals surface area (Å²) >= 11 is 0. The Bertz CT molecular complexity index is 169. The molecule has 2 aliphatic rings. The maximum Gasteiger partial charge on any atom is 0.0726 e. The number of piperazine rings is 1. The van der Waals surface area contributed by atoms with Gasteiger partial charge in [0.2, 0.25) is 0 Å². The van der Waals surface area contributed by atoms with Crippen LogP contribution in [0, 0.1) is 0 Å². The molecular weight excluding hydrogens is 176 g/mol. The average Bonchev–Trinajstić information content (AvgIpc) is 2.30. The van der Waals surface area contributed by atoms with Crippen molar-refractivity contribution >= 4 is 0 Å². The normalized spacial score (nSPS) is 35.8. The Hall–Kier alpha value is -0.120. The molecule has 1 N–H and O–H groups in total. The largest absolute Gasteiger partial charge is 0.380 e. The van der Waals surface area contributed by atoms with Crippen LogP contribution in [0.5, 0.6) is 0 Å². The lowest BCUT2D eigenvalue weighted by atomic mass is 9.91. The highest BCUT2D eigenvalue weighted by Crippen LogP contribution is 2.25. The van der Waals surface area contributed by atoms with E-state index < -0.39 is 0 Å². The maximum atomic E-state index is 5.59. The Morgan fingerprint density at radius 1 is 1.14 bits per heavy atom. The van der Waals surface area contributed by atoms with Gasteiger partial charge in [0.1, 0.15) is 0 Å². The van der Waals surface area contributed by atoms with Crippen LogP contribution in [0.15, 0.2) is 0 Å². The molecular formula is C11H22N2O. The molecule has 0 bridgehead atoms. The van der Waals surface area contributed by atoms with Crippen LogP contribution < -0.4 is 5.32 Å². The minimum atomic E-state index is 0.488. The molecule has 0 aromatic rings. The summed E-state index contributed by atoms with van der Waals surface area (Å²) in [5.74, 6) is 0. The SMILES string of the molecule is CO[C@@H]1CCCC[C@H]1N1CCNCC1. The van der Waals surface area contributed by atoms with Crippen LogP contribution in [0.4, 0.5) is 0 Å². The van der Waals surface area contributed by atoms with Gasteiger partial charge in [-0.05, 0) is 12.8 Å². The zero-order valence-electron chi connectivity index (χ0n) is 9.17. The molecule has 0 aromatic heterocycles. The van der Waals surface area contributed by atoms with Crippen molar-refractivity contribution in [1.29, 1.82) is 0 Å². The van der Waals surface area contributed by atoms with E-state index in [1.165, 1.54) is 38.8 Å². The Labute approximate surface area is 86.8 Å². The third kappa shape index (κ3) is 2.27. The molecule has 0 radical (unpaired) electrons. The summed E-state index contributed by atoms with van der Waals surface area (Å²) in [5, 5.41) is 3.40. The number of ether oxygens (including phenoxy) is 1. The highest BCUT2D eigenvalue weighted by molar-refractivity contribution is 4.86. The summed E-state index contributed by atoms with van der Waals surface area (Å²) < 4.78 is 5.59. The molecule has 0 spiro atoms. The number of hydrogen-bond donors (Lipinski definition) is 1. The second-order valence-electron chi connectivity index (χ2n) is 4.41. The first-order valence-electron chi connectivity index (χ1n) is 5.89. The van der Waals surface area contributed by atoms with E-state index in [9.17, 15) is 0 Å². The summed E-state index contributed by atoms with van der Waals surface area (Å²) in [6, 6.07) is 0.691. The Morgan fingerprint density at radius 2 is 1.86 bits per heavy atom. The Kier molecular flexibility index (Phi) is 3.79. The molecule has 0 unspecified atom stereocenters. The number of nitrogens with zero attached hydrogens (tertiary/aromatic N) is 1. The van der Waals surface area contributed by atoms with Crippen molar-refractivity contribution < 1.29 is 4.74 Å². The monoisotopic (exact) mass is 198 g/mol. The lowest BCUT2D eigenvalue weighted by Gasteiger charge is -2.41. The summed E-state index contributed by atoms with van der Waals surface area (Å²) in [5.41, 5.74) is 0. The standard InChI is InChI=1S/C11H22N2O/c1-14-11-5-3-2-4-10(11)13-8-6-12-7-9-13/h10-12H,2-9H2,1H3/t10-,11-/m1/s1. The van der Waals surface area contributed by atoms with Gasteiger partial charge in [0.05, 0.1) is 6.10 Å². The number of rotatable bonds is 2. The first-order valence-corrected chi connectivity index (χ1v) is 5.89. The van der Waals surface area contributed by atoms with E-state index in [-0.39, 0.29) is 0 Å². The second kappa shape index (κ2) is 5.10. The first kappa shape index (κ1) is 10.4. The molecule has 0 amide bonds. The van der Waals surface area contributed by atoms with E-state index in [0.717, 1.165) is 13.1 Å². The van der Waals surface area contributed by atoms with Gasteiger partial charge in [-0.3, -0.25) is 4.90 Å². The van der Waals surface area contributed by atoms with Crippen LogP contribution in [0.25, 0.3) is 0 Å². The molecule has 1 saturated carbocycles. The molecule has 2 rings (SSSR count). The van der Waals surface area contributed by atoms with Crippen LogP contribution in [-0.4, -0.2) is 50.3 Å². The Balaban J connectivity index is 1.91. The number of hydrogen-bond acceptors (Lipinski definition) is 3. The lowest BCUT2D eigenvalue weighted by Crippen LogP contribution is -2.53. The van der Waals surface area contributed by atoms with Crippen molar-refractivity contribution in [3.05, 3.63) is 0 Å². The molecule has 14 heavy (non-hydrogen) atoms. The molecule has 3 nitrogen and oxygen atoms in total. The zero-order valence-corrected chi connectivity index (χ0v) is 9.17. The van der Waals surface area contributed by atoms with Crippen molar-refractivity contribution in [3.8, 4) is 0 Å². The summed E-state index contributed by atoms with van der Waals surface area (Å²) in [6.45, 7) is 4.69. The van der Waals surface area contributed by atoms with Crippen LogP contribution in [-0.2, 0) is 4.74 Å². The van der Waals surface area contributed by atoms with Gasteiger partial charge < -0.3 is 10.1 Å². The lowest BCUT2D eigenvalue weighted by molar-refractivity contribution is -0.0147. The Morgan fingerprint density at radius 3 is 2.57 bits per heavy atom. The minimum Gasteiger partial charge on any atom is -0.380 e. The highest BCUT2D eigenvalue weighted by atomic mass is 16.5. The van der Waals surface area contributed by atoms with E-state index in [4.69, 9.17) is 4.74 Å². The van der Waals surface area contributed by atoms with Gasteiger partial charge in [-0.15, -0.1) is 0 Å². The second-order valence-corrected chi connectivity index (χ2v) is 4.41.